The molecule has 0 bridgehead atoms. The number of nitrogens with one attached hydrogen (secondary N) is 1. The summed E-state index contributed by atoms with van der Waals surface area (Å²) in [4.78, 5) is 14.5. The van der Waals surface area contributed by atoms with Crippen LogP contribution in [0, 0.1) is 0 Å². The molecule has 23 heavy (non-hydrogen) atoms. The normalized spacial score (nSPS) is 24.2. The van der Waals surface area contributed by atoms with E-state index in [2.05, 4.69) is 10.2 Å². The number of carbonyl (C=O) groups is 1. The Bertz CT molecular complexity index is 535. The second kappa shape index (κ2) is 7.79. The molecule has 0 unspecified atom stereocenters. The molecule has 5 nitrogen and oxygen atoms in total. The number of fused-ring (bicyclic) bond motifs is 1. The molecule has 3 rings (SSSR count). The fraction of sp³-hybridized carbons (Fsp3) is 0.611. The lowest BCUT2D eigenvalue weighted by Gasteiger charge is -2.37. The summed E-state index contributed by atoms with van der Waals surface area (Å²) >= 11 is 0. The quantitative estimate of drug-likeness (QED) is 0.871. The molecule has 0 aromatic heterocycles. The van der Waals surface area contributed by atoms with Gasteiger partial charge in [-0.3, -0.25) is 9.69 Å². The van der Waals surface area contributed by atoms with Gasteiger partial charge in [0, 0.05) is 19.1 Å². The minimum Gasteiger partial charge on any atom is -0.494 e. The molecule has 2 atom stereocenters. The zero-order chi connectivity index (χ0) is 16.1. The first kappa shape index (κ1) is 16.3. The van der Waals surface area contributed by atoms with E-state index < -0.39 is 0 Å². The number of carbonyl (C=O) groups excluding carboxylic acids is 1. The monoisotopic (exact) mass is 318 g/mol. The molecule has 1 heterocycles. The maximum Gasteiger partial charge on any atom is 0.234 e. The molecule has 1 N–H and O–H groups in total. The molecule has 0 spiro atoms. The van der Waals surface area contributed by atoms with Gasteiger partial charge in [-0.15, -0.1) is 0 Å². The van der Waals surface area contributed by atoms with Gasteiger partial charge in [0.2, 0.25) is 5.91 Å². The number of rotatable bonds is 6. The summed E-state index contributed by atoms with van der Waals surface area (Å²) in [7, 11) is 0. The summed E-state index contributed by atoms with van der Waals surface area (Å²) in [5.74, 6) is 0.931. The van der Waals surface area contributed by atoms with E-state index in [0.717, 1.165) is 37.3 Å². The van der Waals surface area contributed by atoms with Gasteiger partial charge >= 0.3 is 0 Å². The third-order valence-corrected chi connectivity index (χ3v) is 4.64. The smallest absolute Gasteiger partial charge is 0.234 e. The molecule has 0 radical (unpaired) electrons. The Morgan fingerprint density at radius 3 is 3.22 bits per heavy atom. The van der Waals surface area contributed by atoms with Gasteiger partial charge in [-0.25, -0.2) is 0 Å². The predicted octanol–water partition coefficient (Wildman–Crippen LogP) is 1.95. The van der Waals surface area contributed by atoms with Crippen molar-refractivity contribution in [1.82, 2.24) is 10.2 Å². The van der Waals surface area contributed by atoms with Crippen molar-refractivity contribution >= 4 is 5.91 Å². The van der Waals surface area contributed by atoms with Crippen LogP contribution < -0.4 is 10.1 Å². The molecule has 1 saturated carbocycles. The van der Waals surface area contributed by atoms with Crippen LogP contribution in [0.3, 0.4) is 0 Å². The molecule has 1 saturated heterocycles. The summed E-state index contributed by atoms with van der Waals surface area (Å²) in [5, 5.41) is 3.02. The fourth-order valence-electron chi connectivity index (χ4n) is 3.55. The van der Waals surface area contributed by atoms with Crippen LogP contribution in [0.1, 0.15) is 31.7 Å². The zero-order valence-corrected chi connectivity index (χ0v) is 13.8. The summed E-state index contributed by atoms with van der Waals surface area (Å²) in [6, 6.07) is 8.30. The van der Waals surface area contributed by atoms with E-state index in [4.69, 9.17) is 9.47 Å². The van der Waals surface area contributed by atoms with E-state index >= 15 is 0 Å². The molecular formula is C18H26N2O3. The van der Waals surface area contributed by atoms with Crippen LogP contribution in [0.4, 0.5) is 0 Å². The van der Waals surface area contributed by atoms with Crippen LogP contribution in [0.15, 0.2) is 24.3 Å². The van der Waals surface area contributed by atoms with Crippen LogP contribution in [0.5, 0.6) is 5.75 Å². The van der Waals surface area contributed by atoms with Crippen LogP contribution in [-0.2, 0) is 16.1 Å². The second-order valence-corrected chi connectivity index (χ2v) is 6.24. The number of amides is 1. The van der Waals surface area contributed by atoms with E-state index in [-0.39, 0.29) is 5.91 Å². The lowest BCUT2D eigenvalue weighted by molar-refractivity contribution is -0.126. The Hall–Kier alpha value is -1.59. The number of nitrogens with zero attached hydrogens (tertiary/aromatic N) is 1. The summed E-state index contributed by atoms with van der Waals surface area (Å²) < 4.78 is 11.3. The standard InChI is InChI=1S/C18H26N2O3/c1-2-22-15-6-3-5-14(11-15)12-19-18(21)13-20-9-10-23-17-8-4-7-16(17)20/h3,5-6,11,16-17H,2,4,7-10,12-13H2,1H3,(H,19,21)/t16-,17+/m0/s1. The summed E-state index contributed by atoms with van der Waals surface area (Å²) in [6.07, 6.45) is 3.82. The van der Waals surface area contributed by atoms with Crippen molar-refractivity contribution in [1.29, 1.82) is 0 Å². The third-order valence-electron chi connectivity index (χ3n) is 4.64. The van der Waals surface area contributed by atoms with Gasteiger partial charge in [0.15, 0.2) is 0 Å². The number of hydrogen-bond acceptors (Lipinski definition) is 4. The number of benzene rings is 1. The Labute approximate surface area is 137 Å². The highest BCUT2D eigenvalue weighted by molar-refractivity contribution is 5.78. The van der Waals surface area contributed by atoms with Crippen molar-refractivity contribution in [2.24, 2.45) is 0 Å². The number of morpholine rings is 1. The molecule has 1 aliphatic heterocycles. The van der Waals surface area contributed by atoms with Gasteiger partial charge in [-0.2, -0.15) is 0 Å². The van der Waals surface area contributed by atoms with E-state index in [9.17, 15) is 4.79 Å². The van der Waals surface area contributed by atoms with E-state index in [0.29, 0.717) is 31.8 Å². The predicted molar refractivity (Wildman–Crippen MR) is 88.4 cm³/mol. The van der Waals surface area contributed by atoms with Crippen molar-refractivity contribution < 1.29 is 14.3 Å². The third kappa shape index (κ3) is 4.24. The molecular weight excluding hydrogens is 292 g/mol. The highest BCUT2D eigenvalue weighted by Gasteiger charge is 2.36. The van der Waals surface area contributed by atoms with E-state index in [1.807, 2.05) is 31.2 Å². The lowest BCUT2D eigenvalue weighted by Crippen LogP contribution is -2.51. The minimum absolute atomic E-state index is 0.0827. The highest BCUT2D eigenvalue weighted by Crippen LogP contribution is 2.29. The van der Waals surface area contributed by atoms with Crippen molar-refractivity contribution in [3.8, 4) is 5.75 Å². The van der Waals surface area contributed by atoms with Crippen LogP contribution >= 0.6 is 0 Å². The summed E-state index contributed by atoms with van der Waals surface area (Å²) in [6.45, 7) is 5.22. The number of hydrogen-bond donors (Lipinski definition) is 1. The maximum absolute atomic E-state index is 12.3. The lowest BCUT2D eigenvalue weighted by atomic mass is 10.1. The molecule has 1 aromatic rings. The number of ether oxygens (including phenoxy) is 2. The van der Waals surface area contributed by atoms with Crippen LogP contribution in [-0.4, -0.2) is 49.3 Å². The Balaban J connectivity index is 1.48. The van der Waals surface area contributed by atoms with E-state index in [1.54, 1.807) is 0 Å². The molecule has 1 aliphatic carbocycles. The molecule has 2 aliphatic rings. The van der Waals surface area contributed by atoms with Gasteiger partial charge in [-0.1, -0.05) is 12.1 Å². The van der Waals surface area contributed by atoms with Gasteiger partial charge in [0.1, 0.15) is 5.75 Å². The first-order valence-corrected chi connectivity index (χ1v) is 8.60. The SMILES string of the molecule is CCOc1cccc(CNC(=O)CN2CCO[C@@H]3CCC[C@@H]32)c1. The van der Waals surface area contributed by atoms with Crippen molar-refractivity contribution in [2.75, 3.05) is 26.3 Å². The topological polar surface area (TPSA) is 50.8 Å². The molecule has 1 aromatic carbocycles. The molecule has 5 heteroatoms. The Morgan fingerprint density at radius 1 is 1.43 bits per heavy atom. The second-order valence-electron chi connectivity index (χ2n) is 6.24. The molecule has 2 fully saturated rings. The van der Waals surface area contributed by atoms with Gasteiger partial charge in [-0.05, 0) is 43.9 Å². The highest BCUT2D eigenvalue weighted by atomic mass is 16.5. The first-order valence-electron chi connectivity index (χ1n) is 8.60. The van der Waals surface area contributed by atoms with E-state index in [1.165, 1.54) is 6.42 Å². The van der Waals surface area contributed by atoms with Crippen LogP contribution in [0.25, 0.3) is 0 Å². The fourth-order valence-corrected chi connectivity index (χ4v) is 3.55. The van der Waals surface area contributed by atoms with Crippen molar-refractivity contribution in [3.05, 3.63) is 29.8 Å². The Morgan fingerprint density at radius 2 is 2.35 bits per heavy atom. The van der Waals surface area contributed by atoms with Gasteiger partial charge in [0.25, 0.3) is 0 Å². The molecule has 126 valence electrons. The van der Waals surface area contributed by atoms with Gasteiger partial charge < -0.3 is 14.8 Å². The Kier molecular flexibility index (Phi) is 5.51. The largest absolute Gasteiger partial charge is 0.494 e. The average molecular weight is 318 g/mol. The van der Waals surface area contributed by atoms with Crippen molar-refractivity contribution in [2.45, 2.75) is 44.9 Å². The van der Waals surface area contributed by atoms with Crippen LogP contribution in [0.2, 0.25) is 0 Å². The maximum atomic E-state index is 12.3. The van der Waals surface area contributed by atoms with Crippen molar-refractivity contribution in [3.63, 3.8) is 0 Å². The summed E-state index contributed by atoms with van der Waals surface area (Å²) in [5.41, 5.74) is 1.06. The average Bonchev–Trinajstić information content (AvgIpc) is 3.03. The first-order chi connectivity index (χ1) is 11.3. The molecule has 1 amide bonds. The minimum atomic E-state index is 0.0827. The zero-order valence-electron chi connectivity index (χ0n) is 13.8. The van der Waals surface area contributed by atoms with Gasteiger partial charge in [0.05, 0.1) is 25.9 Å².